The summed E-state index contributed by atoms with van der Waals surface area (Å²) in [5, 5.41) is 7.56. The Morgan fingerprint density at radius 2 is 1.15 bits per heavy atom. The van der Waals surface area contributed by atoms with E-state index in [4.69, 9.17) is 4.42 Å². The number of benzene rings is 6. The topological polar surface area (TPSA) is 18.1 Å². The van der Waals surface area contributed by atoms with Crippen molar-refractivity contribution < 1.29 is 4.42 Å². The number of furan rings is 1. The highest BCUT2D eigenvalue weighted by Gasteiger charge is 2.15. The van der Waals surface area contributed by atoms with Crippen LogP contribution in [0.15, 0.2) is 132 Å². The largest absolute Gasteiger partial charge is 0.456 e. The minimum atomic E-state index is 0.925. The van der Waals surface area contributed by atoms with E-state index in [1.165, 1.54) is 58.8 Å². The van der Waals surface area contributed by atoms with Crippen LogP contribution in [0.1, 0.15) is 0 Å². The molecule has 0 aliphatic rings. The van der Waals surface area contributed by atoms with E-state index in [9.17, 15) is 0 Å². The van der Waals surface area contributed by atoms with Gasteiger partial charge in [-0.05, 0) is 65.7 Å². The Morgan fingerprint density at radius 3 is 2.05 bits per heavy atom. The van der Waals surface area contributed by atoms with Crippen LogP contribution in [0.2, 0.25) is 0 Å². The molecule has 0 amide bonds. The molecular formula is C36H21NOS. The summed E-state index contributed by atoms with van der Waals surface area (Å²) in [7, 11) is 0. The van der Waals surface area contributed by atoms with E-state index in [1.54, 1.807) is 0 Å². The van der Waals surface area contributed by atoms with Crippen molar-refractivity contribution in [2.45, 2.75) is 0 Å². The molecule has 6 aromatic carbocycles. The van der Waals surface area contributed by atoms with Gasteiger partial charge in [-0.25, -0.2) is 0 Å². The summed E-state index contributed by atoms with van der Waals surface area (Å²) in [5.74, 6) is 0. The summed E-state index contributed by atoms with van der Waals surface area (Å²) in [6, 6.07) is 45.9. The Hall–Kier alpha value is -4.86. The fourth-order valence-electron chi connectivity index (χ4n) is 6.17. The molecule has 3 heteroatoms. The van der Waals surface area contributed by atoms with Crippen molar-refractivity contribution in [2.24, 2.45) is 0 Å². The SMILES string of the molecule is c1ccc2c(c1)oc1ccc(-c3ccc(-n4c5ccccc5c5cc6c(cc54)sc4ccccc46)cc3)cc12. The molecule has 0 N–H and O–H groups in total. The predicted molar refractivity (Wildman–Crippen MR) is 166 cm³/mol. The number of fused-ring (bicyclic) bond motifs is 9. The summed E-state index contributed by atoms with van der Waals surface area (Å²) >= 11 is 1.87. The summed E-state index contributed by atoms with van der Waals surface area (Å²) in [6.45, 7) is 0. The maximum absolute atomic E-state index is 6.04. The van der Waals surface area contributed by atoms with Crippen LogP contribution in [0.4, 0.5) is 0 Å². The quantitative estimate of drug-likeness (QED) is 0.224. The first-order valence-corrected chi connectivity index (χ1v) is 14.0. The molecule has 182 valence electrons. The average Bonchev–Trinajstić information content (AvgIpc) is 3.65. The van der Waals surface area contributed by atoms with Gasteiger partial charge in [0, 0.05) is 47.4 Å². The monoisotopic (exact) mass is 515 g/mol. The summed E-state index contributed by atoms with van der Waals surface area (Å²) in [4.78, 5) is 0. The van der Waals surface area contributed by atoms with Gasteiger partial charge in [0.05, 0.1) is 11.0 Å². The van der Waals surface area contributed by atoms with Gasteiger partial charge in [0.25, 0.3) is 0 Å². The highest BCUT2D eigenvalue weighted by atomic mass is 32.1. The molecule has 0 radical (unpaired) electrons. The lowest BCUT2D eigenvalue weighted by molar-refractivity contribution is 0.669. The fourth-order valence-corrected chi connectivity index (χ4v) is 7.30. The maximum Gasteiger partial charge on any atom is 0.135 e. The molecule has 0 bridgehead atoms. The zero-order valence-electron chi connectivity index (χ0n) is 20.9. The predicted octanol–water partition coefficient (Wildman–Crippen LogP) is 10.7. The molecule has 3 aromatic heterocycles. The summed E-state index contributed by atoms with van der Waals surface area (Å²) in [5.41, 5.74) is 7.88. The van der Waals surface area contributed by atoms with Crippen LogP contribution in [0.3, 0.4) is 0 Å². The second kappa shape index (κ2) is 7.83. The van der Waals surface area contributed by atoms with Gasteiger partial charge in [-0.3, -0.25) is 0 Å². The highest BCUT2D eigenvalue weighted by molar-refractivity contribution is 7.25. The molecular weight excluding hydrogens is 494 g/mol. The number of hydrogen-bond acceptors (Lipinski definition) is 2. The molecule has 0 aliphatic carbocycles. The van der Waals surface area contributed by atoms with Crippen molar-refractivity contribution in [3.05, 3.63) is 127 Å². The maximum atomic E-state index is 6.04. The van der Waals surface area contributed by atoms with Gasteiger partial charge in [-0.1, -0.05) is 72.8 Å². The smallest absolute Gasteiger partial charge is 0.135 e. The van der Waals surface area contributed by atoms with E-state index in [2.05, 4.69) is 120 Å². The normalized spacial score (nSPS) is 12.1. The van der Waals surface area contributed by atoms with Crippen molar-refractivity contribution in [2.75, 3.05) is 0 Å². The average molecular weight is 516 g/mol. The second-order valence-electron chi connectivity index (χ2n) is 10.2. The first-order chi connectivity index (χ1) is 19.3. The van der Waals surface area contributed by atoms with Crippen LogP contribution in [-0.4, -0.2) is 4.57 Å². The van der Waals surface area contributed by atoms with Crippen LogP contribution in [0.5, 0.6) is 0 Å². The number of hydrogen-bond donors (Lipinski definition) is 0. The number of nitrogens with zero attached hydrogens (tertiary/aromatic N) is 1. The van der Waals surface area contributed by atoms with Gasteiger partial charge in [0.1, 0.15) is 11.2 Å². The highest BCUT2D eigenvalue weighted by Crippen LogP contribution is 2.41. The second-order valence-corrected chi connectivity index (χ2v) is 11.3. The van der Waals surface area contributed by atoms with Crippen LogP contribution in [0, 0.1) is 0 Å². The summed E-state index contributed by atoms with van der Waals surface area (Å²) < 4.78 is 11.1. The van der Waals surface area contributed by atoms with Gasteiger partial charge in [0.2, 0.25) is 0 Å². The van der Waals surface area contributed by atoms with Crippen LogP contribution >= 0.6 is 11.3 Å². The van der Waals surface area contributed by atoms with Crippen molar-refractivity contribution >= 4 is 75.3 Å². The third-order valence-corrected chi connectivity index (χ3v) is 9.14. The lowest BCUT2D eigenvalue weighted by Gasteiger charge is -2.10. The van der Waals surface area contributed by atoms with Gasteiger partial charge >= 0.3 is 0 Å². The number of rotatable bonds is 2. The van der Waals surface area contributed by atoms with E-state index in [-0.39, 0.29) is 0 Å². The molecule has 39 heavy (non-hydrogen) atoms. The molecule has 0 saturated heterocycles. The van der Waals surface area contributed by atoms with E-state index in [0.717, 1.165) is 21.9 Å². The third-order valence-electron chi connectivity index (χ3n) is 8.01. The Labute approximate surface area is 227 Å². The Kier molecular flexibility index (Phi) is 4.24. The molecule has 2 nitrogen and oxygen atoms in total. The van der Waals surface area contributed by atoms with Crippen LogP contribution < -0.4 is 0 Å². The molecule has 0 spiro atoms. The van der Waals surface area contributed by atoms with E-state index in [0.29, 0.717) is 0 Å². The van der Waals surface area contributed by atoms with Crippen LogP contribution in [0.25, 0.3) is 80.7 Å². The van der Waals surface area contributed by atoms with Gasteiger partial charge in [-0.2, -0.15) is 0 Å². The van der Waals surface area contributed by atoms with E-state index in [1.807, 2.05) is 23.5 Å². The van der Waals surface area contributed by atoms with Crippen molar-refractivity contribution in [1.29, 1.82) is 0 Å². The molecule has 0 saturated carbocycles. The van der Waals surface area contributed by atoms with Crippen molar-refractivity contribution in [3.8, 4) is 16.8 Å². The minimum absolute atomic E-state index is 0.925. The van der Waals surface area contributed by atoms with E-state index >= 15 is 0 Å². The van der Waals surface area contributed by atoms with Crippen molar-refractivity contribution in [1.82, 2.24) is 4.57 Å². The van der Waals surface area contributed by atoms with Gasteiger partial charge in [0.15, 0.2) is 0 Å². The zero-order chi connectivity index (χ0) is 25.5. The third kappa shape index (κ3) is 3.02. The first-order valence-electron chi connectivity index (χ1n) is 13.2. The summed E-state index contributed by atoms with van der Waals surface area (Å²) in [6.07, 6.45) is 0. The van der Waals surface area contributed by atoms with Gasteiger partial charge < -0.3 is 8.98 Å². The molecule has 9 rings (SSSR count). The minimum Gasteiger partial charge on any atom is -0.456 e. The Bertz CT molecular complexity index is 2380. The fraction of sp³-hybridized carbons (Fsp3) is 0. The number of thiophene rings is 1. The lowest BCUT2D eigenvalue weighted by Crippen LogP contribution is -1.93. The van der Waals surface area contributed by atoms with Crippen molar-refractivity contribution in [3.63, 3.8) is 0 Å². The molecule has 9 aromatic rings. The molecule has 0 unspecified atom stereocenters. The van der Waals surface area contributed by atoms with Gasteiger partial charge in [-0.15, -0.1) is 11.3 Å². The number of para-hydroxylation sites is 2. The molecule has 0 fully saturated rings. The lowest BCUT2D eigenvalue weighted by atomic mass is 10.0. The Morgan fingerprint density at radius 1 is 0.436 bits per heavy atom. The standard InChI is InChI=1S/C36H21NOS/c1-4-10-31-25(7-1)28-20-30-27-9-3-6-12-35(27)39-36(30)21-32(28)37(31)24-16-13-22(14-17-24)23-15-18-34-29(19-23)26-8-2-5-11-33(26)38-34/h1-21H. The van der Waals surface area contributed by atoms with E-state index < -0.39 is 0 Å². The molecule has 0 atom stereocenters. The molecule has 0 aliphatic heterocycles. The Balaban J connectivity index is 1.23. The number of aromatic nitrogens is 1. The first kappa shape index (κ1) is 21.1. The molecule has 3 heterocycles. The zero-order valence-corrected chi connectivity index (χ0v) is 21.7. The van der Waals surface area contributed by atoms with Crippen LogP contribution in [-0.2, 0) is 0 Å².